The summed E-state index contributed by atoms with van der Waals surface area (Å²) in [6.45, 7) is 1.28. The van der Waals surface area contributed by atoms with E-state index in [-0.39, 0.29) is 12.5 Å². The largest absolute Gasteiger partial charge is 0.571 e. The molecule has 1 saturated heterocycles. The van der Waals surface area contributed by atoms with Crippen LogP contribution >= 0.6 is 0 Å². The normalized spacial score (nSPS) is 22.2. The first-order valence-corrected chi connectivity index (χ1v) is 4.79. The van der Waals surface area contributed by atoms with Gasteiger partial charge in [0.1, 0.15) is 4.92 Å². The zero-order valence-corrected chi connectivity index (χ0v) is 8.78. The highest BCUT2D eigenvalue weighted by atomic mass is 19.3. The van der Waals surface area contributed by atoms with Gasteiger partial charge in [0.05, 0.1) is 6.61 Å². The number of amidine groups is 1. The summed E-state index contributed by atoms with van der Waals surface area (Å²) >= 11 is 0. The summed E-state index contributed by atoms with van der Waals surface area (Å²) < 4.78 is 31.0. The maximum absolute atomic E-state index is 13.0. The van der Waals surface area contributed by atoms with Crippen molar-refractivity contribution in [3.63, 3.8) is 0 Å². The van der Waals surface area contributed by atoms with Crippen molar-refractivity contribution in [3.8, 4) is 0 Å². The Morgan fingerprint density at radius 1 is 1.75 bits per heavy atom. The summed E-state index contributed by atoms with van der Waals surface area (Å²) in [5.74, 6) is -0.816. The minimum Gasteiger partial charge on any atom is -0.381 e. The smallest absolute Gasteiger partial charge is 0.381 e. The zero-order valence-electron chi connectivity index (χ0n) is 8.78. The molecule has 1 N–H and O–H groups in total. The first-order valence-electron chi connectivity index (χ1n) is 4.79. The number of halogens is 2. The van der Waals surface area contributed by atoms with E-state index in [0.29, 0.717) is 13.2 Å². The number of nitrogens with zero attached hydrogens (tertiary/aromatic N) is 2. The van der Waals surface area contributed by atoms with Gasteiger partial charge in [-0.1, -0.05) is 0 Å². The van der Waals surface area contributed by atoms with Gasteiger partial charge in [0.15, 0.2) is 0 Å². The fraction of sp³-hybridized carbons (Fsp3) is 0.875. The molecule has 0 spiro atoms. The number of aliphatic imine (C=N–C) groups is 1. The fourth-order valence-corrected chi connectivity index (χ4v) is 1.39. The van der Waals surface area contributed by atoms with Gasteiger partial charge >= 0.3 is 6.05 Å². The van der Waals surface area contributed by atoms with Crippen LogP contribution in [0.15, 0.2) is 4.99 Å². The molecule has 1 atom stereocenters. The SMILES string of the molecule is CN=C(NCC1CCOC1)C(F)(F)[N+](=O)[O-]. The molecule has 0 radical (unpaired) electrons. The van der Waals surface area contributed by atoms with Crippen LogP contribution in [0, 0.1) is 16.0 Å². The number of hydrogen-bond donors (Lipinski definition) is 1. The molecular weight excluding hydrogens is 224 g/mol. The van der Waals surface area contributed by atoms with Crippen molar-refractivity contribution in [2.24, 2.45) is 10.9 Å². The lowest BCUT2D eigenvalue weighted by atomic mass is 10.1. The van der Waals surface area contributed by atoms with Gasteiger partial charge in [-0.25, -0.2) is 0 Å². The highest BCUT2D eigenvalue weighted by Crippen LogP contribution is 2.16. The van der Waals surface area contributed by atoms with Gasteiger partial charge < -0.3 is 10.1 Å². The first-order chi connectivity index (χ1) is 7.48. The van der Waals surface area contributed by atoms with Gasteiger partial charge in [-0.3, -0.25) is 15.1 Å². The van der Waals surface area contributed by atoms with Gasteiger partial charge in [-0.15, -0.1) is 8.78 Å². The Balaban J connectivity index is 2.52. The van der Waals surface area contributed by atoms with Crippen molar-refractivity contribution >= 4 is 5.84 Å². The number of hydrogen-bond acceptors (Lipinski definition) is 4. The van der Waals surface area contributed by atoms with E-state index in [2.05, 4.69) is 10.3 Å². The molecule has 1 aliphatic rings. The number of rotatable bonds is 4. The van der Waals surface area contributed by atoms with Crippen molar-refractivity contribution < 1.29 is 18.4 Å². The third-order valence-corrected chi connectivity index (χ3v) is 2.32. The number of nitrogens with one attached hydrogen (secondary N) is 1. The quantitative estimate of drug-likeness (QED) is 0.254. The van der Waals surface area contributed by atoms with E-state index in [1.165, 1.54) is 0 Å². The maximum Gasteiger partial charge on any atom is 0.571 e. The molecule has 6 nitrogen and oxygen atoms in total. The summed E-state index contributed by atoms with van der Waals surface area (Å²) in [5.41, 5.74) is 0. The number of nitro groups is 1. The van der Waals surface area contributed by atoms with Crippen molar-refractivity contribution in [2.45, 2.75) is 12.5 Å². The van der Waals surface area contributed by atoms with Crippen LogP contribution in [-0.2, 0) is 4.74 Å². The highest BCUT2D eigenvalue weighted by molar-refractivity contribution is 5.87. The second kappa shape index (κ2) is 5.15. The molecular formula is C8H13F2N3O3. The molecule has 1 fully saturated rings. The van der Waals surface area contributed by atoms with Gasteiger partial charge in [0, 0.05) is 26.1 Å². The van der Waals surface area contributed by atoms with Gasteiger partial charge in [0.25, 0.3) is 5.84 Å². The Kier molecular flexibility index (Phi) is 4.11. The first kappa shape index (κ1) is 12.8. The van der Waals surface area contributed by atoms with E-state index in [9.17, 15) is 18.9 Å². The molecule has 92 valence electrons. The Labute approximate surface area is 90.8 Å². The molecule has 1 unspecified atom stereocenters. The van der Waals surface area contributed by atoms with Crippen molar-refractivity contribution in [1.29, 1.82) is 0 Å². The molecule has 0 aliphatic carbocycles. The van der Waals surface area contributed by atoms with Crippen LogP contribution in [0.1, 0.15) is 6.42 Å². The third kappa shape index (κ3) is 2.84. The Hall–Kier alpha value is -1.31. The standard InChI is InChI=1S/C8H13F2N3O3/c1-11-7(8(9,10)13(14)15)12-4-6-2-3-16-5-6/h6H,2-5H2,1H3,(H,11,12). The van der Waals surface area contributed by atoms with E-state index in [1.54, 1.807) is 0 Å². The predicted molar refractivity (Wildman–Crippen MR) is 52.2 cm³/mol. The summed E-state index contributed by atoms with van der Waals surface area (Å²) in [6, 6.07) is -4.16. The van der Waals surface area contributed by atoms with Gasteiger partial charge in [-0.05, 0) is 6.42 Å². The molecule has 16 heavy (non-hydrogen) atoms. The molecule has 1 rings (SSSR count). The zero-order chi connectivity index (χ0) is 12.2. The third-order valence-electron chi connectivity index (χ3n) is 2.32. The van der Waals surface area contributed by atoms with E-state index in [1.807, 2.05) is 0 Å². The molecule has 0 bridgehead atoms. The Bertz CT molecular complexity index is 290. The summed E-state index contributed by atoms with van der Waals surface area (Å²) in [6.07, 6.45) is 0.758. The molecule has 0 aromatic carbocycles. The van der Waals surface area contributed by atoms with Crippen molar-refractivity contribution in [2.75, 3.05) is 26.8 Å². The van der Waals surface area contributed by atoms with E-state index in [0.717, 1.165) is 13.5 Å². The topological polar surface area (TPSA) is 76.8 Å². The van der Waals surface area contributed by atoms with Crippen LogP contribution in [-0.4, -0.2) is 43.6 Å². The van der Waals surface area contributed by atoms with Crippen LogP contribution in [0.25, 0.3) is 0 Å². The molecule has 8 heteroatoms. The van der Waals surface area contributed by atoms with Crippen LogP contribution in [0.3, 0.4) is 0 Å². The van der Waals surface area contributed by atoms with Gasteiger partial charge in [-0.2, -0.15) is 0 Å². The van der Waals surface area contributed by atoms with E-state index >= 15 is 0 Å². The predicted octanol–water partition coefficient (Wildman–Crippen LogP) is 0.510. The molecule has 0 saturated carbocycles. The number of alkyl halides is 2. The molecule has 0 amide bonds. The van der Waals surface area contributed by atoms with Crippen molar-refractivity contribution in [3.05, 3.63) is 10.1 Å². The minimum atomic E-state index is -4.16. The molecule has 0 aromatic rings. The van der Waals surface area contributed by atoms with Crippen molar-refractivity contribution in [1.82, 2.24) is 5.32 Å². The maximum atomic E-state index is 13.0. The lowest BCUT2D eigenvalue weighted by molar-refractivity contribution is -0.617. The van der Waals surface area contributed by atoms with Gasteiger partial charge in [0.2, 0.25) is 0 Å². The second-order valence-corrected chi connectivity index (χ2v) is 3.48. The Morgan fingerprint density at radius 3 is 2.88 bits per heavy atom. The monoisotopic (exact) mass is 237 g/mol. The number of ether oxygens (including phenoxy) is 1. The van der Waals surface area contributed by atoms with E-state index < -0.39 is 16.8 Å². The average Bonchev–Trinajstić information content (AvgIpc) is 2.71. The Morgan fingerprint density at radius 2 is 2.44 bits per heavy atom. The molecule has 1 aliphatic heterocycles. The second-order valence-electron chi connectivity index (χ2n) is 3.48. The molecule has 0 aromatic heterocycles. The van der Waals surface area contributed by atoms with Crippen LogP contribution < -0.4 is 5.32 Å². The molecule has 1 heterocycles. The summed E-state index contributed by atoms with van der Waals surface area (Å²) in [5, 5.41) is 12.4. The summed E-state index contributed by atoms with van der Waals surface area (Å²) in [4.78, 5) is 11.7. The van der Waals surface area contributed by atoms with Crippen LogP contribution in [0.2, 0.25) is 0 Å². The fourth-order valence-electron chi connectivity index (χ4n) is 1.39. The highest BCUT2D eigenvalue weighted by Gasteiger charge is 2.50. The summed E-state index contributed by atoms with van der Waals surface area (Å²) in [7, 11) is 1.09. The minimum absolute atomic E-state index is 0.0966. The lowest BCUT2D eigenvalue weighted by Gasteiger charge is -2.14. The lowest BCUT2D eigenvalue weighted by Crippen LogP contribution is -2.47. The average molecular weight is 237 g/mol. The van der Waals surface area contributed by atoms with Crippen LogP contribution in [0.4, 0.5) is 8.78 Å². The van der Waals surface area contributed by atoms with E-state index in [4.69, 9.17) is 4.74 Å². The van der Waals surface area contributed by atoms with Crippen LogP contribution in [0.5, 0.6) is 0 Å².